The van der Waals surface area contributed by atoms with Crippen molar-refractivity contribution >= 4 is 16.8 Å². The Bertz CT molecular complexity index is 716. The first-order chi connectivity index (χ1) is 11.7. The molecule has 1 aliphatic carbocycles. The predicted octanol–water partition coefficient (Wildman–Crippen LogP) is 3.39. The lowest BCUT2D eigenvalue weighted by molar-refractivity contribution is -0.129. The molecule has 1 aromatic carbocycles. The molecule has 1 aromatic heterocycles. The molecule has 2 heterocycles. The first-order valence-electron chi connectivity index (χ1n) is 9.23. The van der Waals surface area contributed by atoms with Crippen LogP contribution in [-0.4, -0.2) is 46.9 Å². The molecule has 1 aliphatic heterocycles. The highest BCUT2D eigenvalue weighted by atomic mass is 16.2. The van der Waals surface area contributed by atoms with Crippen molar-refractivity contribution in [2.24, 2.45) is 5.92 Å². The zero-order chi connectivity index (χ0) is 16.5. The first kappa shape index (κ1) is 15.7. The molecular formula is C20H27N3O. The molecule has 2 aliphatic rings. The molecule has 4 heteroatoms. The van der Waals surface area contributed by atoms with Crippen LogP contribution in [-0.2, 0) is 11.3 Å². The Balaban J connectivity index is 1.34. The van der Waals surface area contributed by atoms with Gasteiger partial charge in [0.05, 0.1) is 0 Å². The summed E-state index contributed by atoms with van der Waals surface area (Å²) in [5.41, 5.74) is 2.52. The quantitative estimate of drug-likeness (QED) is 0.915. The standard InChI is InChI=1S/C20H27N3O/c1-22(12-15-6-7-19-17(10-15)8-9-21-19)13-16-11-20(24)23(14-16)18-4-2-3-5-18/h6-10,16,18,21H,2-5,11-14H2,1H3/t16-/m1/s1. The molecule has 4 rings (SSSR count). The van der Waals surface area contributed by atoms with Gasteiger partial charge in [-0.25, -0.2) is 0 Å². The number of carbonyl (C=O) groups is 1. The van der Waals surface area contributed by atoms with E-state index in [4.69, 9.17) is 0 Å². The molecule has 1 saturated heterocycles. The average molecular weight is 325 g/mol. The summed E-state index contributed by atoms with van der Waals surface area (Å²) in [5, 5.41) is 1.27. The van der Waals surface area contributed by atoms with Gasteiger partial charge in [0.1, 0.15) is 0 Å². The SMILES string of the molecule is CN(Cc1ccc2[nH]ccc2c1)C[C@H]1CC(=O)N(C2CCCC2)C1. The molecule has 0 bridgehead atoms. The van der Waals surface area contributed by atoms with E-state index in [1.807, 2.05) is 6.20 Å². The molecule has 2 aromatic rings. The number of carbonyl (C=O) groups excluding carboxylic acids is 1. The van der Waals surface area contributed by atoms with Crippen LogP contribution in [0.15, 0.2) is 30.5 Å². The van der Waals surface area contributed by atoms with Gasteiger partial charge in [0.2, 0.25) is 5.91 Å². The second-order valence-corrected chi connectivity index (χ2v) is 7.65. The second kappa shape index (κ2) is 6.60. The maximum absolute atomic E-state index is 12.3. The molecule has 2 fully saturated rings. The minimum Gasteiger partial charge on any atom is -0.361 e. The zero-order valence-corrected chi connectivity index (χ0v) is 14.5. The van der Waals surface area contributed by atoms with Crippen LogP contribution < -0.4 is 0 Å². The van der Waals surface area contributed by atoms with E-state index in [9.17, 15) is 4.79 Å². The molecule has 4 nitrogen and oxygen atoms in total. The Hall–Kier alpha value is -1.81. The van der Waals surface area contributed by atoms with Crippen LogP contribution in [0.25, 0.3) is 10.9 Å². The largest absolute Gasteiger partial charge is 0.361 e. The van der Waals surface area contributed by atoms with Gasteiger partial charge in [-0.05, 0) is 55.0 Å². The normalized spacial score (nSPS) is 22.3. The highest BCUT2D eigenvalue weighted by Crippen LogP contribution is 2.29. The number of rotatable bonds is 5. The minimum absolute atomic E-state index is 0.383. The summed E-state index contributed by atoms with van der Waals surface area (Å²) in [4.78, 5) is 20.1. The summed E-state index contributed by atoms with van der Waals surface area (Å²) in [7, 11) is 2.17. The van der Waals surface area contributed by atoms with E-state index in [1.165, 1.54) is 42.1 Å². The number of likely N-dealkylation sites (tertiary alicyclic amines) is 1. The molecule has 1 atom stereocenters. The Kier molecular flexibility index (Phi) is 4.31. The number of benzene rings is 1. The van der Waals surface area contributed by atoms with E-state index in [2.05, 4.69) is 46.1 Å². The Morgan fingerprint density at radius 1 is 1.25 bits per heavy atom. The fraction of sp³-hybridized carbons (Fsp3) is 0.550. The summed E-state index contributed by atoms with van der Waals surface area (Å²) in [6, 6.07) is 9.25. The zero-order valence-electron chi connectivity index (χ0n) is 14.5. The fourth-order valence-electron chi connectivity index (χ4n) is 4.52. The number of hydrogen-bond acceptors (Lipinski definition) is 2. The number of nitrogens with zero attached hydrogens (tertiary/aromatic N) is 2. The number of aromatic nitrogens is 1. The van der Waals surface area contributed by atoms with Crippen LogP contribution in [0.2, 0.25) is 0 Å². The van der Waals surface area contributed by atoms with Crippen molar-refractivity contribution in [3.63, 3.8) is 0 Å². The van der Waals surface area contributed by atoms with E-state index in [1.54, 1.807) is 0 Å². The lowest BCUT2D eigenvalue weighted by Crippen LogP contribution is -2.35. The van der Waals surface area contributed by atoms with Crippen LogP contribution in [0.5, 0.6) is 0 Å². The smallest absolute Gasteiger partial charge is 0.223 e. The third kappa shape index (κ3) is 3.20. The highest BCUT2D eigenvalue weighted by molar-refractivity contribution is 5.80. The summed E-state index contributed by atoms with van der Waals surface area (Å²) in [5.74, 6) is 0.869. The van der Waals surface area contributed by atoms with Crippen molar-refractivity contribution in [1.82, 2.24) is 14.8 Å². The van der Waals surface area contributed by atoms with Gasteiger partial charge in [-0.2, -0.15) is 0 Å². The monoisotopic (exact) mass is 325 g/mol. The van der Waals surface area contributed by atoms with Crippen LogP contribution in [0.4, 0.5) is 0 Å². The van der Waals surface area contributed by atoms with Gasteiger partial charge >= 0.3 is 0 Å². The van der Waals surface area contributed by atoms with Crippen LogP contribution >= 0.6 is 0 Å². The maximum atomic E-state index is 12.3. The number of fused-ring (bicyclic) bond motifs is 1. The van der Waals surface area contributed by atoms with Gasteiger partial charge in [0.25, 0.3) is 0 Å². The van der Waals surface area contributed by atoms with Gasteiger partial charge in [0, 0.05) is 43.8 Å². The third-order valence-corrected chi connectivity index (χ3v) is 5.64. The Morgan fingerprint density at radius 3 is 2.92 bits per heavy atom. The van der Waals surface area contributed by atoms with E-state index in [0.717, 1.165) is 26.1 Å². The number of nitrogens with one attached hydrogen (secondary N) is 1. The summed E-state index contributed by atoms with van der Waals surface area (Å²) in [6.45, 7) is 2.90. The highest BCUT2D eigenvalue weighted by Gasteiger charge is 2.35. The van der Waals surface area contributed by atoms with Crippen molar-refractivity contribution in [1.29, 1.82) is 0 Å². The molecule has 24 heavy (non-hydrogen) atoms. The molecule has 1 N–H and O–H groups in total. The molecular weight excluding hydrogens is 298 g/mol. The maximum Gasteiger partial charge on any atom is 0.223 e. The van der Waals surface area contributed by atoms with Crippen molar-refractivity contribution in [3.05, 3.63) is 36.0 Å². The first-order valence-corrected chi connectivity index (χ1v) is 9.23. The van der Waals surface area contributed by atoms with Crippen molar-refractivity contribution in [3.8, 4) is 0 Å². The van der Waals surface area contributed by atoms with Gasteiger partial charge in [-0.15, -0.1) is 0 Å². The van der Waals surface area contributed by atoms with Gasteiger partial charge in [0.15, 0.2) is 0 Å². The number of hydrogen-bond donors (Lipinski definition) is 1. The Morgan fingerprint density at radius 2 is 2.08 bits per heavy atom. The van der Waals surface area contributed by atoms with Crippen LogP contribution in [0.3, 0.4) is 0 Å². The number of aromatic amines is 1. The van der Waals surface area contributed by atoms with Gasteiger partial charge in [-0.1, -0.05) is 18.9 Å². The summed E-state index contributed by atoms with van der Waals surface area (Å²) >= 11 is 0. The average Bonchev–Trinajstić information content (AvgIpc) is 3.27. The molecule has 128 valence electrons. The van der Waals surface area contributed by atoms with Crippen LogP contribution in [0.1, 0.15) is 37.7 Å². The molecule has 0 spiro atoms. The van der Waals surface area contributed by atoms with E-state index in [-0.39, 0.29) is 0 Å². The Labute approximate surface area is 143 Å². The van der Waals surface area contributed by atoms with Crippen molar-refractivity contribution in [2.45, 2.75) is 44.7 Å². The topological polar surface area (TPSA) is 39.3 Å². The van der Waals surface area contributed by atoms with Crippen molar-refractivity contribution < 1.29 is 4.79 Å². The minimum atomic E-state index is 0.383. The second-order valence-electron chi connectivity index (χ2n) is 7.65. The fourth-order valence-corrected chi connectivity index (χ4v) is 4.52. The molecule has 0 unspecified atom stereocenters. The predicted molar refractivity (Wildman–Crippen MR) is 96.7 cm³/mol. The summed E-state index contributed by atoms with van der Waals surface area (Å²) in [6.07, 6.45) is 7.73. The van der Waals surface area contributed by atoms with Gasteiger partial charge in [-0.3, -0.25) is 4.79 Å². The lowest BCUT2D eigenvalue weighted by Gasteiger charge is -2.25. The summed E-state index contributed by atoms with van der Waals surface area (Å²) < 4.78 is 0. The lowest BCUT2D eigenvalue weighted by atomic mass is 10.1. The molecule has 0 radical (unpaired) electrons. The molecule has 1 saturated carbocycles. The third-order valence-electron chi connectivity index (χ3n) is 5.64. The van der Waals surface area contributed by atoms with E-state index in [0.29, 0.717) is 17.9 Å². The van der Waals surface area contributed by atoms with E-state index >= 15 is 0 Å². The molecule has 1 amide bonds. The number of amides is 1. The van der Waals surface area contributed by atoms with Gasteiger partial charge < -0.3 is 14.8 Å². The number of H-pyrrole nitrogens is 1. The van der Waals surface area contributed by atoms with Crippen LogP contribution in [0, 0.1) is 5.92 Å². The van der Waals surface area contributed by atoms with E-state index < -0.39 is 0 Å². The van der Waals surface area contributed by atoms with Crippen molar-refractivity contribution in [2.75, 3.05) is 20.1 Å².